The molecule has 3 aromatic heterocycles. The first kappa shape index (κ1) is 24.8. The fourth-order valence-corrected chi connectivity index (χ4v) is 4.77. The molecule has 0 bridgehead atoms. The summed E-state index contributed by atoms with van der Waals surface area (Å²) >= 11 is 0. The lowest BCUT2D eigenvalue weighted by Gasteiger charge is -2.28. The van der Waals surface area contributed by atoms with Gasteiger partial charge in [0.1, 0.15) is 28.7 Å². The lowest BCUT2D eigenvalue weighted by molar-refractivity contribution is -0.138. The normalized spacial score (nSPS) is 20.3. The van der Waals surface area contributed by atoms with E-state index in [0.717, 1.165) is 18.4 Å². The Labute approximate surface area is 214 Å². The monoisotopic (exact) mass is 530 g/mol. The van der Waals surface area contributed by atoms with Gasteiger partial charge in [0.25, 0.3) is 0 Å². The van der Waals surface area contributed by atoms with Crippen LogP contribution < -0.4 is 0 Å². The van der Waals surface area contributed by atoms with Gasteiger partial charge in [-0.15, -0.1) is 0 Å². The number of nitrogens with zero attached hydrogens (tertiary/aromatic N) is 6. The van der Waals surface area contributed by atoms with Crippen molar-refractivity contribution in [1.82, 2.24) is 29.7 Å². The zero-order valence-electron chi connectivity index (χ0n) is 20.6. The first-order valence-electron chi connectivity index (χ1n) is 12.3. The second kappa shape index (κ2) is 9.04. The summed E-state index contributed by atoms with van der Waals surface area (Å²) in [5, 5.41) is 4.43. The maximum Gasteiger partial charge on any atom is 0.416 e. The molecule has 2 fully saturated rings. The van der Waals surface area contributed by atoms with Crippen LogP contribution in [0.15, 0.2) is 24.5 Å². The number of alkyl halides is 3. The fourth-order valence-electron chi connectivity index (χ4n) is 4.77. The van der Waals surface area contributed by atoms with Crippen LogP contribution in [-0.4, -0.2) is 36.3 Å². The first-order chi connectivity index (χ1) is 18.1. The third kappa shape index (κ3) is 4.50. The summed E-state index contributed by atoms with van der Waals surface area (Å²) in [5.74, 6) is -2.74. The Balaban J connectivity index is 1.44. The van der Waals surface area contributed by atoms with Crippen LogP contribution in [0.5, 0.6) is 0 Å². The Morgan fingerprint density at radius 2 is 1.66 bits per heavy atom. The number of hydrogen-bond acceptors (Lipinski definition) is 6. The zero-order valence-corrected chi connectivity index (χ0v) is 20.6. The first-order valence-corrected chi connectivity index (χ1v) is 12.3. The van der Waals surface area contributed by atoms with Crippen molar-refractivity contribution in [2.45, 2.75) is 63.8 Å². The van der Waals surface area contributed by atoms with Crippen molar-refractivity contribution < 1.29 is 26.7 Å². The third-order valence-electron chi connectivity index (χ3n) is 7.13. The van der Waals surface area contributed by atoms with Crippen LogP contribution in [0, 0.1) is 25.5 Å². The van der Waals surface area contributed by atoms with Crippen LogP contribution in [0.25, 0.3) is 22.4 Å². The molecule has 0 amide bonds. The smallest absolute Gasteiger partial charge is 0.373 e. The standard InChI is InChI=1S/C26H23F5N6O/c1-12-13(2)34-25-23(33-12)22(21-18(27)8-16(9-19(21)28)26(29,30)31)35-24(36-25)14-5-6-38-20(7-14)15-10-32-37(11-15)17-3-4-17/h8-11,14,17,20H,3-7H2,1-2H3. The number of halogens is 5. The van der Waals surface area contributed by atoms with Gasteiger partial charge in [0, 0.05) is 24.3 Å². The summed E-state index contributed by atoms with van der Waals surface area (Å²) in [6.07, 6.45) is 1.82. The topological polar surface area (TPSA) is 78.6 Å². The Bertz CT molecular complexity index is 1520. The molecule has 4 aromatic rings. The fraction of sp³-hybridized carbons (Fsp3) is 0.423. The van der Waals surface area contributed by atoms with Crippen LogP contribution in [0.2, 0.25) is 0 Å². The minimum atomic E-state index is -4.91. The van der Waals surface area contributed by atoms with Gasteiger partial charge in [-0.05, 0) is 51.7 Å². The molecule has 6 rings (SSSR count). The van der Waals surface area contributed by atoms with Crippen molar-refractivity contribution in [3.05, 3.63) is 64.5 Å². The molecule has 4 heterocycles. The Morgan fingerprint density at radius 3 is 2.34 bits per heavy atom. The van der Waals surface area contributed by atoms with Gasteiger partial charge in [-0.1, -0.05) is 0 Å². The highest BCUT2D eigenvalue weighted by atomic mass is 19.4. The maximum atomic E-state index is 15.1. The second-order valence-electron chi connectivity index (χ2n) is 9.88. The van der Waals surface area contributed by atoms with Crippen LogP contribution in [0.1, 0.15) is 72.1 Å². The maximum absolute atomic E-state index is 15.1. The molecule has 2 aliphatic rings. The number of rotatable bonds is 4. The van der Waals surface area contributed by atoms with Crippen molar-refractivity contribution >= 4 is 11.2 Å². The molecule has 1 saturated carbocycles. The summed E-state index contributed by atoms with van der Waals surface area (Å²) in [6, 6.07) is 0.957. The van der Waals surface area contributed by atoms with Gasteiger partial charge in [0.2, 0.25) is 0 Å². The zero-order chi connectivity index (χ0) is 26.8. The van der Waals surface area contributed by atoms with Gasteiger partial charge >= 0.3 is 6.18 Å². The van der Waals surface area contributed by atoms with E-state index in [1.165, 1.54) is 0 Å². The van der Waals surface area contributed by atoms with Gasteiger partial charge in [0.05, 0.1) is 40.9 Å². The van der Waals surface area contributed by atoms with Crippen molar-refractivity contribution in [2.75, 3.05) is 6.61 Å². The highest BCUT2D eigenvalue weighted by Crippen LogP contribution is 2.41. The molecule has 1 aromatic carbocycles. The molecule has 0 spiro atoms. The van der Waals surface area contributed by atoms with Crippen molar-refractivity contribution in [2.24, 2.45) is 0 Å². The summed E-state index contributed by atoms with van der Waals surface area (Å²) in [5.41, 5.74) is -0.228. The van der Waals surface area contributed by atoms with Crippen molar-refractivity contribution in [1.29, 1.82) is 0 Å². The molecule has 1 aliphatic heterocycles. The molecule has 0 radical (unpaired) electrons. The van der Waals surface area contributed by atoms with E-state index in [1.807, 2.05) is 10.9 Å². The summed E-state index contributed by atoms with van der Waals surface area (Å²) < 4.78 is 77.6. The number of aryl methyl sites for hydroxylation is 2. The lowest BCUT2D eigenvalue weighted by Crippen LogP contribution is -2.21. The SMILES string of the molecule is Cc1nc2nc(C3CCOC(c4cnn(C5CC5)c4)C3)nc(-c3c(F)cc(C(F)(F)F)cc3F)c2nc1C. The number of hydrogen-bond donors (Lipinski definition) is 0. The predicted octanol–water partition coefficient (Wildman–Crippen LogP) is 6.17. The Kier molecular flexibility index (Phi) is 5.89. The van der Waals surface area contributed by atoms with Gasteiger partial charge in [0.15, 0.2) is 5.65 Å². The molecular weight excluding hydrogens is 507 g/mol. The van der Waals surface area contributed by atoms with E-state index in [9.17, 15) is 13.2 Å². The average molecular weight is 531 g/mol. The Hall–Kier alpha value is -3.54. The average Bonchev–Trinajstić information content (AvgIpc) is 3.60. The minimum Gasteiger partial charge on any atom is -0.373 e. The molecular formula is C26H23F5N6O. The number of benzene rings is 1. The van der Waals surface area contributed by atoms with Gasteiger partial charge < -0.3 is 4.74 Å². The molecule has 198 valence electrons. The van der Waals surface area contributed by atoms with Crippen LogP contribution in [0.3, 0.4) is 0 Å². The van der Waals surface area contributed by atoms with E-state index < -0.39 is 28.9 Å². The summed E-state index contributed by atoms with van der Waals surface area (Å²) in [7, 11) is 0. The molecule has 2 atom stereocenters. The van der Waals surface area contributed by atoms with E-state index in [4.69, 9.17) is 4.74 Å². The van der Waals surface area contributed by atoms with Crippen LogP contribution in [-0.2, 0) is 10.9 Å². The molecule has 2 unspecified atom stereocenters. The number of aromatic nitrogens is 6. The largest absolute Gasteiger partial charge is 0.416 e. The number of ether oxygens (including phenoxy) is 1. The predicted molar refractivity (Wildman–Crippen MR) is 126 cm³/mol. The van der Waals surface area contributed by atoms with E-state index in [1.54, 1.807) is 20.0 Å². The van der Waals surface area contributed by atoms with E-state index in [0.29, 0.717) is 36.9 Å². The quantitative estimate of drug-likeness (QED) is 0.294. The van der Waals surface area contributed by atoms with Gasteiger partial charge in [-0.25, -0.2) is 28.7 Å². The molecule has 1 saturated heterocycles. The summed E-state index contributed by atoms with van der Waals surface area (Å²) in [6.45, 7) is 3.80. The van der Waals surface area contributed by atoms with Crippen molar-refractivity contribution in [3.63, 3.8) is 0 Å². The van der Waals surface area contributed by atoms with Crippen LogP contribution in [0.4, 0.5) is 22.0 Å². The molecule has 38 heavy (non-hydrogen) atoms. The second-order valence-corrected chi connectivity index (χ2v) is 9.88. The summed E-state index contributed by atoms with van der Waals surface area (Å²) in [4.78, 5) is 17.9. The number of fused-ring (bicyclic) bond motifs is 1. The third-order valence-corrected chi connectivity index (χ3v) is 7.13. The highest BCUT2D eigenvalue weighted by molar-refractivity contribution is 5.87. The molecule has 7 nitrogen and oxygen atoms in total. The molecule has 1 aliphatic carbocycles. The van der Waals surface area contributed by atoms with E-state index in [-0.39, 0.29) is 46.8 Å². The van der Waals surface area contributed by atoms with E-state index in [2.05, 4.69) is 25.0 Å². The molecule has 0 N–H and O–H groups in total. The molecule has 12 heteroatoms. The highest BCUT2D eigenvalue weighted by Gasteiger charge is 2.35. The van der Waals surface area contributed by atoms with Gasteiger partial charge in [-0.3, -0.25) is 4.68 Å². The van der Waals surface area contributed by atoms with Crippen molar-refractivity contribution in [3.8, 4) is 11.3 Å². The van der Waals surface area contributed by atoms with Gasteiger partial charge in [-0.2, -0.15) is 18.3 Å². The Morgan fingerprint density at radius 1 is 0.947 bits per heavy atom. The van der Waals surface area contributed by atoms with Crippen LogP contribution >= 0.6 is 0 Å². The lowest BCUT2D eigenvalue weighted by atomic mass is 9.92. The van der Waals surface area contributed by atoms with E-state index >= 15 is 8.78 Å². The minimum absolute atomic E-state index is 0.0173.